The molecule has 2 aliphatic heterocycles. The van der Waals surface area contributed by atoms with Crippen molar-refractivity contribution in [2.75, 3.05) is 32.7 Å². The van der Waals surface area contributed by atoms with E-state index >= 15 is 0 Å². The van der Waals surface area contributed by atoms with Gasteiger partial charge in [-0.1, -0.05) is 49.6 Å². The zero-order valence-electron chi connectivity index (χ0n) is 16.1. The van der Waals surface area contributed by atoms with Crippen molar-refractivity contribution in [1.29, 1.82) is 0 Å². The maximum Gasteiger partial charge on any atom is 0.223 e. The van der Waals surface area contributed by atoms with Crippen molar-refractivity contribution in [3.05, 3.63) is 35.9 Å². The van der Waals surface area contributed by atoms with E-state index in [2.05, 4.69) is 32.6 Å². The van der Waals surface area contributed by atoms with Crippen LogP contribution in [0.15, 0.2) is 30.3 Å². The van der Waals surface area contributed by atoms with Gasteiger partial charge in [0.05, 0.1) is 0 Å². The van der Waals surface area contributed by atoms with Crippen molar-refractivity contribution in [3.8, 4) is 0 Å². The summed E-state index contributed by atoms with van der Waals surface area (Å²) < 4.78 is 0. The van der Waals surface area contributed by atoms with Gasteiger partial charge in [0.1, 0.15) is 6.17 Å². The van der Waals surface area contributed by atoms with Crippen LogP contribution in [0.25, 0.3) is 0 Å². The topological polar surface area (TPSA) is 47.6 Å². The highest BCUT2D eigenvalue weighted by Crippen LogP contribution is 2.24. The third kappa shape index (κ3) is 5.44. The van der Waals surface area contributed by atoms with Crippen LogP contribution in [0.4, 0.5) is 0 Å². The van der Waals surface area contributed by atoms with Crippen LogP contribution in [0.3, 0.4) is 0 Å². The molecule has 1 aromatic carbocycles. The highest BCUT2D eigenvalue weighted by Gasteiger charge is 2.30. The van der Waals surface area contributed by atoms with E-state index < -0.39 is 0 Å². The third-order valence-electron chi connectivity index (χ3n) is 6.25. The van der Waals surface area contributed by atoms with Gasteiger partial charge in [-0.2, -0.15) is 0 Å². The fourth-order valence-corrected chi connectivity index (χ4v) is 4.79. The summed E-state index contributed by atoms with van der Waals surface area (Å²) in [6.45, 7) is 5.60. The number of carbonyl (C=O) groups excluding carboxylic acids is 1. The van der Waals surface area contributed by atoms with Gasteiger partial charge < -0.3 is 5.32 Å². The molecule has 1 aliphatic carbocycles. The number of nitrogens with zero attached hydrogens (tertiary/aromatic N) is 2. The molecule has 0 spiro atoms. The molecular weight excluding hydrogens is 360 g/mol. The van der Waals surface area contributed by atoms with Crippen molar-refractivity contribution in [2.45, 2.75) is 56.8 Å². The van der Waals surface area contributed by atoms with Gasteiger partial charge in [0.15, 0.2) is 0 Å². The second-order valence-electron chi connectivity index (χ2n) is 8.11. The molecule has 3 aliphatic rings. The highest BCUT2D eigenvalue weighted by molar-refractivity contribution is 5.85. The molecule has 2 atom stereocenters. The van der Waals surface area contributed by atoms with Crippen LogP contribution in [0.2, 0.25) is 0 Å². The molecule has 5 nitrogen and oxygen atoms in total. The molecule has 2 saturated heterocycles. The Balaban J connectivity index is 0.00000210. The smallest absolute Gasteiger partial charge is 0.223 e. The molecule has 2 heterocycles. The predicted octanol–water partition coefficient (Wildman–Crippen LogP) is 2.54. The fourth-order valence-electron chi connectivity index (χ4n) is 4.79. The lowest BCUT2D eigenvalue weighted by atomic mass is 9.94. The molecule has 1 amide bonds. The Bertz CT molecular complexity index is 585. The van der Waals surface area contributed by atoms with E-state index in [0.717, 1.165) is 31.2 Å². The summed E-state index contributed by atoms with van der Waals surface area (Å²) in [6.07, 6.45) is 7.54. The number of carbonyl (C=O) groups is 1. The van der Waals surface area contributed by atoms with E-state index in [4.69, 9.17) is 0 Å². The average Bonchev–Trinajstić information content (AvgIpc) is 2.69. The second-order valence-corrected chi connectivity index (χ2v) is 8.11. The van der Waals surface area contributed by atoms with Crippen LogP contribution in [0.5, 0.6) is 0 Å². The van der Waals surface area contributed by atoms with Crippen molar-refractivity contribution in [1.82, 2.24) is 20.4 Å². The number of hydrogen-bond acceptors (Lipinski definition) is 4. The number of nitrogens with one attached hydrogen (secondary N) is 2. The summed E-state index contributed by atoms with van der Waals surface area (Å²) in [7, 11) is 0. The first-order valence-corrected chi connectivity index (χ1v) is 10.3. The maximum atomic E-state index is 12.2. The number of benzene rings is 1. The lowest BCUT2D eigenvalue weighted by Gasteiger charge is -2.42. The first-order valence-electron chi connectivity index (χ1n) is 10.3. The largest absolute Gasteiger partial charge is 0.337 e. The summed E-state index contributed by atoms with van der Waals surface area (Å²) in [6, 6.07) is 11.3. The van der Waals surface area contributed by atoms with E-state index in [1.807, 2.05) is 18.2 Å². The first-order chi connectivity index (χ1) is 12.8. The van der Waals surface area contributed by atoms with Gasteiger partial charge in [-0.05, 0) is 18.4 Å². The maximum absolute atomic E-state index is 12.2. The van der Waals surface area contributed by atoms with Gasteiger partial charge in [0.25, 0.3) is 0 Å². The molecule has 4 rings (SSSR count). The molecule has 3 fully saturated rings. The third-order valence-corrected chi connectivity index (χ3v) is 6.25. The average molecular weight is 393 g/mol. The van der Waals surface area contributed by atoms with Gasteiger partial charge in [0, 0.05) is 51.2 Å². The van der Waals surface area contributed by atoms with Crippen molar-refractivity contribution < 1.29 is 4.79 Å². The Morgan fingerprint density at radius 2 is 1.67 bits per heavy atom. The zero-order valence-corrected chi connectivity index (χ0v) is 16.9. The normalized spacial score (nSPS) is 28.4. The summed E-state index contributed by atoms with van der Waals surface area (Å²) in [5, 5.41) is 6.71. The van der Waals surface area contributed by atoms with Crippen molar-refractivity contribution in [3.63, 3.8) is 0 Å². The van der Waals surface area contributed by atoms with Crippen LogP contribution in [0, 0.1) is 0 Å². The number of hydrogen-bond donors (Lipinski definition) is 2. The Kier molecular flexibility index (Phi) is 7.53. The molecule has 1 saturated carbocycles. The van der Waals surface area contributed by atoms with Crippen molar-refractivity contribution >= 4 is 18.3 Å². The zero-order chi connectivity index (χ0) is 17.8. The van der Waals surface area contributed by atoms with Gasteiger partial charge >= 0.3 is 0 Å². The Labute approximate surface area is 169 Å². The highest BCUT2D eigenvalue weighted by atomic mass is 35.5. The van der Waals surface area contributed by atoms with Gasteiger partial charge in [-0.3, -0.25) is 19.9 Å². The molecule has 2 N–H and O–H groups in total. The van der Waals surface area contributed by atoms with Crippen molar-refractivity contribution in [2.24, 2.45) is 0 Å². The number of rotatable bonds is 4. The van der Waals surface area contributed by atoms with Crippen LogP contribution in [-0.2, 0) is 4.79 Å². The van der Waals surface area contributed by atoms with E-state index in [0.29, 0.717) is 6.42 Å². The van der Waals surface area contributed by atoms with E-state index in [1.54, 1.807) is 0 Å². The van der Waals surface area contributed by atoms with Crippen LogP contribution in [-0.4, -0.2) is 60.5 Å². The molecule has 6 heteroatoms. The van der Waals surface area contributed by atoms with E-state index in [9.17, 15) is 4.79 Å². The Hall–Kier alpha value is -1.14. The standard InChI is InChI=1S/C21H32N4O.ClH/c26-20-15-18(22-21(23-20)17-7-3-1-4-8-17)16-24-11-13-25(14-12-24)19-9-5-2-6-10-19;/h1,3-4,7-8,18-19,21-22H,2,5-6,9-16H2,(H,23,26);1H. The monoisotopic (exact) mass is 392 g/mol. The minimum atomic E-state index is -0.0639. The number of piperazine rings is 1. The van der Waals surface area contributed by atoms with Gasteiger partial charge in [-0.25, -0.2) is 0 Å². The summed E-state index contributed by atoms with van der Waals surface area (Å²) in [5.74, 6) is 0.156. The summed E-state index contributed by atoms with van der Waals surface area (Å²) >= 11 is 0. The predicted molar refractivity (Wildman–Crippen MR) is 111 cm³/mol. The SMILES string of the molecule is Cl.O=C1CC(CN2CCN(C3CCCCC3)CC2)NC(c2ccccc2)N1. The lowest BCUT2D eigenvalue weighted by Crippen LogP contribution is -2.57. The number of halogens is 1. The van der Waals surface area contributed by atoms with Crippen LogP contribution >= 0.6 is 12.4 Å². The minimum Gasteiger partial charge on any atom is -0.337 e. The molecule has 1 aromatic rings. The van der Waals surface area contributed by atoms with Crippen LogP contribution < -0.4 is 10.6 Å². The van der Waals surface area contributed by atoms with Crippen LogP contribution in [0.1, 0.15) is 50.3 Å². The lowest BCUT2D eigenvalue weighted by molar-refractivity contribution is -0.124. The molecule has 0 bridgehead atoms. The molecule has 150 valence electrons. The molecule has 0 radical (unpaired) electrons. The first kappa shape index (κ1) is 20.6. The quantitative estimate of drug-likeness (QED) is 0.826. The molecular formula is C21H33ClN4O. The fraction of sp³-hybridized carbons (Fsp3) is 0.667. The molecule has 27 heavy (non-hydrogen) atoms. The van der Waals surface area contributed by atoms with E-state index in [1.165, 1.54) is 45.2 Å². The minimum absolute atomic E-state index is 0. The second kappa shape index (κ2) is 9.87. The summed E-state index contributed by atoms with van der Waals surface area (Å²) in [4.78, 5) is 17.4. The van der Waals surface area contributed by atoms with E-state index in [-0.39, 0.29) is 30.5 Å². The Morgan fingerprint density at radius 3 is 2.37 bits per heavy atom. The number of amides is 1. The summed E-state index contributed by atoms with van der Waals surface area (Å²) in [5.41, 5.74) is 1.13. The Morgan fingerprint density at radius 1 is 0.963 bits per heavy atom. The van der Waals surface area contributed by atoms with Gasteiger partial charge in [-0.15, -0.1) is 12.4 Å². The molecule has 0 aromatic heterocycles. The molecule has 2 unspecified atom stereocenters. The van der Waals surface area contributed by atoms with Gasteiger partial charge in [0.2, 0.25) is 5.91 Å².